The number of nitro benzene ring substituents is 1. The summed E-state index contributed by atoms with van der Waals surface area (Å²) < 4.78 is 10.5. The monoisotopic (exact) mass is 416 g/mol. The molecule has 11 heteroatoms. The van der Waals surface area contributed by atoms with E-state index >= 15 is 0 Å². The summed E-state index contributed by atoms with van der Waals surface area (Å²) in [4.78, 5) is 33.2. The van der Waals surface area contributed by atoms with E-state index in [2.05, 4.69) is 10.5 Å². The predicted molar refractivity (Wildman–Crippen MR) is 104 cm³/mol. The molecule has 0 aliphatic carbocycles. The second-order valence-electron chi connectivity index (χ2n) is 5.73. The molecule has 0 unspecified atom stereocenters. The van der Waals surface area contributed by atoms with Crippen LogP contribution in [0.1, 0.15) is 16.1 Å². The van der Waals surface area contributed by atoms with Gasteiger partial charge in [0.05, 0.1) is 16.2 Å². The maximum Gasteiger partial charge on any atom is 0.307 e. The van der Waals surface area contributed by atoms with Crippen LogP contribution in [-0.4, -0.2) is 29.6 Å². The summed E-state index contributed by atoms with van der Waals surface area (Å²) in [6, 6.07) is 10.0. The number of hydrazone groups is 1. The van der Waals surface area contributed by atoms with Crippen LogP contribution in [0.15, 0.2) is 52.0 Å². The van der Waals surface area contributed by atoms with E-state index < -0.39 is 16.7 Å². The first kappa shape index (κ1) is 19.8. The molecule has 0 fully saturated rings. The van der Waals surface area contributed by atoms with Gasteiger partial charge in [0.25, 0.3) is 11.6 Å². The Labute approximate surface area is 168 Å². The van der Waals surface area contributed by atoms with Gasteiger partial charge >= 0.3 is 5.91 Å². The summed E-state index contributed by atoms with van der Waals surface area (Å²) >= 11 is 6.04. The van der Waals surface area contributed by atoms with Crippen LogP contribution in [0.25, 0.3) is 11.0 Å². The molecule has 0 aliphatic rings. The zero-order valence-electron chi connectivity index (χ0n) is 14.6. The molecule has 3 N–H and O–H groups in total. The minimum atomic E-state index is -0.632. The highest BCUT2D eigenvalue weighted by molar-refractivity contribution is 6.32. The Kier molecular flexibility index (Phi) is 5.74. The number of nitrogens with one attached hydrogen (secondary N) is 1. The number of benzene rings is 2. The topological polar surface area (TPSA) is 150 Å². The van der Waals surface area contributed by atoms with Crippen molar-refractivity contribution in [1.29, 1.82) is 0 Å². The molecule has 0 aliphatic heterocycles. The Morgan fingerprint density at radius 1 is 1.28 bits per heavy atom. The third-order valence-electron chi connectivity index (χ3n) is 3.64. The molecule has 1 aromatic heterocycles. The van der Waals surface area contributed by atoms with Crippen molar-refractivity contribution in [2.24, 2.45) is 10.8 Å². The average Bonchev–Trinajstić information content (AvgIpc) is 3.10. The first-order valence-corrected chi connectivity index (χ1v) is 8.43. The number of ether oxygens (including phenoxy) is 1. The highest BCUT2D eigenvalue weighted by Crippen LogP contribution is 2.25. The van der Waals surface area contributed by atoms with Crippen LogP contribution in [-0.2, 0) is 4.79 Å². The van der Waals surface area contributed by atoms with Gasteiger partial charge in [-0.15, -0.1) is 0 Å². The molecule has 1 heterocycles. The van der Waals surface area contributed by atoms with E-state index in [0.717, 1.165) is 0 Å². The second-order valence-corrected chi connectivity index (χ2v) is 6.14. The Balaban J connectivity index is 1.66. The van der Waals surface area contributed by atoms with Crippen molar-refractivity contribution in [2.45, 2.75) is 0 Å². The number of non-ortho nitro benzene ring substituents is 1. The van der Waals surface area contributed by atoms with Crippen molar-refractivity contribution >= 4 is 46.3 Å². The fraction of sp³-hybridized carbons (Fsp3) is 0.0556. The number of rotatable bonds is 7. The fourth-order valence-corrected chi connectivity index (χ4v) is 2.58. The summed E-state index contributed by atoms with van der Waals surface area (Å²) in [6.45, 7) is -0.302. The van der Waals surface area contributed by atoms with Gasteiger partial charge in [0.15, 0.2) is 12.4 Å². The molecule has 3 rings (SSSR count). The van der Waals surface area contributed by atoms with Gasteiger partial charge < -0.3 is 14.9 Å². The van der Waals surface area contributed by atoms with Gasteiger partial charge in [-0.2, -0.15) is 5.10 Å². The van der Waals surface area contributed by atoms with Crippen LogP contribution in [0.5, 0.6) is 5.75 Å². The second kappa shape index (κ2) is 8.40. The van der Waals surface area contributed by atoms with Crippen LogP contribution in [0.4, 0.5) is 5.69 Å². The van der Waals surface area contributed by atoms with E-state index in [-0.39, 0.29) is 28.8 Å². The molecule has 2 aromatic carbocycles. The largest absolute Gasteiger partial charge is 0.482 e. The fourth-order valence-electron chi connectivity index (χ4n) is 2.34. The zero-order valence-corrected chi connectivity index (χ0v) is 15.4. The van der Waals surface area contributed by atoms with Crippen LogP contribution >= 0.6 is 11.6 Å². The number of amides is 2. The van der Waals surface area contributed by atoms with Gasteiger partial charge in [0.1, 0.15) is 11.3 Å². The molecular weight excluding hydrogens is 404 g/mol. The summed E-state index contributed by atoms with van der Waals surface area (Å²) in [5.41, 5.74) is 8.07. The summed E-state index contributed by atoms with van der Waals surface area (Å²) in [5, 5.41) is 15.3. The van der Waals surface area contributed by atoms with E-state index in [1.54, 1.807) is 6.07 Å². The molecule has 29 heavy (non-hydrogen) atoms. The lowest BCUT2D eigenvalue weighted by Gasteiger charge is -2.06. The zero-order chi connectivity index (χ0) is 21.0. The van der Waals surface area contributed by atoms with E-state index in [9.17, 15) is 19.7 Å². The van der Waals surface area contributed by atoms with Crippen molar-refractivity contribution < 1.29 is 23.7 Å². The van der Waals surface area contributed by atoms with Crippen molar-refractivity contribution in [2.75, 3.05) is 6.61 Å². The summed E-state index contributed by atoms with van der Waals surface area (Å²) in [5.74, 6) is -1.03. The Morgan fingerprint density at radius 3 is 2.76 bits per heavy atom. The van der Waals surface area contributed by atoms with Crippen molar-refractivity contribution in [1.82, 2.24) is 5.43 Å². The molecule has 3 aromatic rings. The Bertz CT molecular complexity index is 1140. The number of furan rings is 1. The summed E-state index contributed by atoms with van der Waals surface area (Å²) in [7, 11) is 0. The first-order valence-electron chi connectivity index (χ1n) is 8.05. The Hall–Kier alpha value is -3.92. The quantitative estimate of drug-likeness (QED) is 0.343. The highest BCUT2D eigenvalue weighted by Gasteiger charge is 2.14. The third kappa shape index (κ3) is 4.87. The van der Waals surface area contributed by atoms with Gasteiger partial charge in [0.2, 0.25) is 0 Å². The van der Waals surface area contributed by atoms with Crippen LogP contribution < -0.4 is 15.9 Å². The molecule has 0 atom stereocenters. The molecule has 0 saturated heterocycles. The van der Waals surface area contributed by atoms with E-state index in [1.807, 2.05) is 0 Å². The molecule has 148 valence electrons. The lowest BCUT2D eigenvalue weighted by molar-refractivity contribution is -0.384. The number of hydrogen-bond acceptors (Lipinski definition) is 7. The number of hydrogen-bond donors (Lipinski definition) is 2. The Morgan fingerprint density at radius 2 is 2.07 bits per heavy atom. The van der Waals surface area contributed by atoms with Crippen LogP contribution in [0.3, 0.4) is 0 Å². The normalized spacial score (nSPS) is 10.9. The van der Waals surface area contributed by atoms with Crippen LogP contribution in [0.2, 0.25) is 5.02 Å². The average molecular weight is 417 g/mol. The predicted octanol–water partition coefficient (Wildman–Crippen LogP) is 2.62. The number of nitrogens with two attached hydrogens (primary N) is 1. The number of nitro groups is 1. The SMILES string of the molecule is NC(=O)COc1ccc(C=NNC(=O)c2cc3cc([N+](=O)[O-])ccc3o2)cc1Cl. The van der Waals surface area contributed by atoms with Gasteiger partial charge in [-0.1, -0.05) is 11.6 Å². The minimum Gasteiger partial charge on any atom is -0.482 e. The number of carbonyl (C=O) groups is 2. The number of halogens is 1. The number of carbonyl (C=O) groups excluding carboxylic acids is 2. The maximum absolute atomic E-state index is 12.2. The molecule has 2 amide bonds. The van der Waals surface area contributed by atoms with E-state index in [4.69, 9.17) is 26.5 Å². The van der Waals surface area contributed by atoms with Crippen molar-refractivity contribution in [3.8, 4) is 5.75 Å². The molecular formula is C18H13ClN4O6. The molecule has 0 bridgehead atoms. The lowest BCUT2D eigenvalue weighted by Crippen LogP contribution is -2.20. The van der Waals surface area contributed by atoms with Gasteiger partial charge in [0, 0.05) is 17.5 Å². The molecule has 0 radical (unpaired) electrons. The van der Waals surface area contributed by atoms with Crippen molar-refractivity contribution in [3.05, 3.63) is 68.9 Å². The molecule has 0 saturated carbocycles. The lowest BCUT2D eigenvalue weighted by atomic mass is 10.2. The molecule has 0 spiro atoms. The van der Waals surface area contributed by atoms with Crippen molar-refractivity contribution in [3.63, 3.8) is 0 Å². The first-order chi connectivity index (χ1) is 13.8. The smallest absolute Gasteiger partial charge is 0.307 e. The minimum absolute atomic E-state index is 0.0501. The van der Waals surface area contributed by atoms with Gasteiger partial charge in [-0.05, 0) is 35.9 Å². The van der Waals surface area contributed by atoms with E-state index in [0.29, 0.717) is 16.5 Å². The summed E-state index contributed by atoms with van der Waals surface area (Å²) in [6.07, 6.45) is 1.34. The van der Waals surface area contributed by atoms with E-state index in [1.165, 1.54) is 42.6 Å². The third-order valence-corrected chi connectivity index (χ3v) is 3.94. The molecule has 10 nitrogen and oxygen atoms in total. The van der Waals surface area contributed by atoms with Gasteiger partial charge in [-0.25, -0.2) is 5.43 Å². The van der Waals surface area contributed by atoms with Gasteiger partial charge in [-0.3, -0.25) is 19.7 Å². The highest BCUT2D eigenvalue weighted by atomic mass is 35.5. The number of primary amides is 1. The standard InChI is InChI=1S/C18H13ClN4O6/c19-13-5-10(1-3-15(13)28-9-17(20)24)8-21-22-18(25)16-7-11-6-12(23(26)27)2-4-14(11)29-16/h1-8H,9H2,(H2,20,24)(H,22,25). The number of fused-ring (bicyclic) bond motifs is 1. The maximum atomic E-state index is 12.2. The van der Waals surface area contributed by atoms with Crippen LogP contribution in [0, 0.1) is 10.1 Å². The number of nitrogens with zero attached hydrogens (tertiary/aromatic N) is 2.